The number of nitrogen functional groups attached to an aromatic ring is 1. The minimum atomic E-state index is -0.00820. The fraction of sp³-hybridized carbons (Fsp3) is 0.257. The van der Waals surface area contributed by atoms with E-state index in [1.807, 2.05) is 94.7 Å². The SMILES string of the molecule is COc1cccc(CC2CCN(c3ccc(Br)cc3)C2=O)c1.COc1cccc(N)c1.O=C1C(Br)CCN1c1ccc(Br)cc1. The van der Waals surface area contributed by atoms with Gasteiger partial charge in [-0.3, -0.25) is 9.59 Å². The van der Waals surface area contributed by atoms with Crippen LogP contribution in [-0.2, 0) is 16.0 Å². The molecule has 2 atom stereocenters. The maximum atomic E-state index is 12.6. The highest BCUT2D eigenvalue weighted by molar-refractivity contribution is 9.10. The number of benzene rings is 4. The van der Waals surface area contributed by atoms with Gasteiger partial charge in [0, 0.05) is 51.1 Å². The maximum Gasteiger partial charge on any atom is 0.240 e. The standard InChI is InChI=1S/C18H18BrNO2.C10H9Br2NO.C7H9NO/c1-22-17-4-2-3-13(12-17)11-14-9-10-20(18(14)21)16-7-5-15(19)6-8-16;11-7-1-3-8(4-2-7)13-6-5-9(12)10(13)14;1-9-7-4-2-3-6(8)5-7/h2-8,12,14H,9-11H2,1H3;1-4,9H,5-6H2;2-5H,8H2,1H3. The van der Waals surface area contributed by atoms with E-state index in [4.69, 9.17) is 15.2 Å². The molecule has 6 rings (SSSR count). The van der Waals surface area contributed by atoms with E-state index in [1.165, 1.54) is 0 Å². The summed E-state index contributed by atoms with van der Waals surface area (Å²) in [5, 5.41) is 0. The van der Waals surface area contributed by atoms with Crippen LogP contribution < -0.4 is 25.0 Å². The Labute approximate surface area is 290 Å². The number of carbonyl (C=O) groups excluding carboxylic acids is 2. The van der Waals surface area contributed by atoms with E-state index < -0.39 is 0 Å². The van der Waals surface area contributed by atoms with E-state index >= 15 is 0 Å². The van der Waals surface area contributed by atoms with Crippen molar-refractivity contribution >= 4 is 76.7 Å². The summed E-state index contributed by atoms with van der Waals surface area (Å²) >= 11 is 10.1. The predicted octanol–water partition coefficient (Wildman–Crippen LogP) is 8.28. The van der Waals surface area contributed by atoms with Crippen LogP contribution in [0.5, 0.6) is 11.5 Å². The predicted molar refractivity (Wildman–Crippen MR) is 193 cm³/mol. The Bertz CT molecular complexity index is 1570. The number of ether oxygens (including phenoxy) is 2. The summed E-state index contributed by atoms with van der Waals surface area (Å²) in [6.07, 6.45) is 2.55. The first-order chi connectivity index (χ1) is 21.7. The van der Waals surface area contributed by atoms with E-state index in [0.29, 0.717) is 0 Å². The van der Waals surface area contributed by atoms with Crippen molar-refractivity contribution in [2.24, 2.45) is 5.92 Å². The van der Waals surface area contributed by atoms with Gasteiger partial charge in [-0.2, -0.15) is 0 Å². The molecule has 0 radical (unpaired) electrons. The third-order valence-electron chi connectivity index (χ3n) is 7.44. The monoisotopic (exact) mass is 799 g/mol. The van der Waals surface area contributed by atoms with Crippen LogP contribution in [0.25, 0.3) is 0 Å². The molecule has 0 spiro atoms. The summed E-state index contributed by atoms with van der Waals surface area (Å²) in [5.41, 5.74) is 9.28. The number of hydrogen-bond acceptors (Lipinski definition) is 5. The smallest absolute Gasteiger partial charge is 0.240 e. The largest absolute Gasteiger partial charge is 0.497 e. The zero-order valence-corrected chi connectivity index (χ0v) is 29.9. The maximum absolute atomic E-state index is 12.6. The lowest BCUT2D eigenvalue weighted by Crippen LogP contribution is -2.27. The van der Waals surface area contributed by atoms with Gasteiger partial charge in [-0.1, -0.05) is 66.0 Å². The quantitative estimate of drug-likeness (QED) is 0.157. The number of nitrogens with zero attached hydrogens (tertiary/aromatic N) is 2. The zero-order chi connectivity index (χ0) is 32.3. The average Bonchev–Trinajstić information content (AvgIpc) is 3.58. The fourth-order valence-corrected chi connectivity index (χ4v) is 6.03. The molecule has 2 saturated heterocycles. The lowest BCUT2D eigenvalue weighted by molar-refractivity contribution is -0.120. The first-order valence-corrected chi connectivity index (χ1v) is 17.0. The molecular formula is C35H36Br3N3O4. The van der Waals surface area contributed by atoms with Gasteiger partial charge in [-0.25, -0.2) is 0 Å². The van der Waals surface area contributed by atoms with Gasteiger partial charge < -0.3 is 25.0 Å². The summed E-state index contributed by atoms with van der Waals surface area (Å²) in [6.45, 7) is 1.59. The Morgan fingerprint density at radius 3 is 1.71 bits per heavy atom. The molecule has 4 aromatic rings. The van der Waals surface area contributed by atoms with Gasteiger partial charge in [0.25, 0.3) is 0 Å². The number of methoxy groups -OCH3 is 2. The lowest BCUT2D eigenvalue weighted by Gasteiger charge is -2.17. The summed E-state index contributed by atoms with van der Waals surface area (Å²) in [4.78, 5) is 28.0. The Kier molecular flexibility index (Phi) is 12.9. The Morgan fingerprint density at radius 1 is 0.711 bits per heavy atom. The number of anilines is 3. The average molecular weight is 802 g/mol. The molecule has 2 heterocycles. The van der Waals surface area contributed by atoms with Crippen LogP contribution in [0, 0.1) is 5.92 Å². The number of rotatable bonds is 6. The highest BCUT2D eigenvalue weighted by Gasteiger charge is 2.32. The van der Waals surface area contributed by atoms with Gasteiger partial charge in [0.05, 0.1) is 19.0 Å². The van der Waals surface area contributed by atoms with Crippen molar-refractivity contribution in [3.8, 4) is 11.5 Å². The van der Waals surface area contributed by atoms with E-state index in [2.05, 4.69) is 53.9 Å². The van der Waals surface area contributed by atoms with Crippen molar-refractivity contribution in [3.63, 3.8) is 0 Å². The Balaban J connectivity index is 0.000000171. The van der Waals surface area contributed by atoms with Gasteiger partial charge in [-0.15, -0.1) is 0 Å². The third kappa shape index (κ3) is 9.82. The second kappa shape index (κ2) is 16.8. The fourth-order valence-electron chi connectivity index (χ4n) is 5.05. The molecule has 2 aliphatic heterocycles. The van der Waals surface area contributed by atoms with E-state index in [9.17, 15) is 9.59 Å². The molecular weight excluding hydrogens is 766 g/mol. The Morgan fingerprint density at radius 2 is 1.22 bits per heavy atom. The Hall–Kier alpha value is -3.34. The van der Waals surface area contributed by atoms with Gasteiger partial charge in [0.2, 0.25) is 11.8 Å². The normalized spacial score (nSPS) is 17.3. The van der Waals surface area contributed by atoms with Crippen molar-refractivity contribution in [1.82, 2.24) is 0 Å². The number of hydrogen-bond donors (Lipinski definition) is 1. The van der Waals surface area contributed by atoms with Crippen LogP contribution in [-0.4, -0.2) is 44.0 Å². The second-order valence-electron chi connectivity index (χ2n) is 10.5. The van der Waals surface area contributed by atoms with Crippen molar-refractivity contribution in [2.75, 3.05) is 42.8 Å². The molecule has 2 fully saturated rings. The molecule has 4 aromatic carbocycles. The molecule has 7 nitrogen and oxygen atoms in total. The molecule has 2 unspecified atom stereocenters. The number of alkyl halides is 1. The third-order valence-corrected chi connectivity index (χ3v) is 9.35. The van der Waals surface area contributed by atoms with Gasteiger partial charge >= 0.3 is 0 Å². The van der Waals surface area contributed by atoms with Crippen molar-refractivity contribution < 1.29 is 19.1 Å². The molecule has 45 heavy (non-hydrogen) atoms. The molecule has 0 aliphatic carbocycles. The number of carbonyl (C=O) groups is 2. The first kappa shape index (κ1) is 34.5. The van der Waals surface area contributed by atoms with Crippen molar-refractivity contribution in [2.45, 2.75) is 24.1 Å². The topological polar surface area (TPSA) is 85.1 Å². The minimum absolute atomic E-state index is 0.00820. The van der Waals surface area contributed by atoms with E-state index in [-0.39, 0.29) is 22.6 Å². The summed E-state index contributed by atoms with van der Waals surface area (Å²) in [7, 11) is 3.28. The van der Waals surface area contributed by atoms with Crippen molar-refractivity contribution in [1.29, 1.82) is 0 Å². The molecule has 236 valence electrons. The first-order valence-electron chi connectivity index (χ1n) is 14.5. The van der Waals surface area contributed by atoms with E-state index in [1.54, 1.807) is 20.3 Å². The van der Waals surface area contributed by atoms with Gasteiger partial charge in [0.1, 0.15) is 11.5 Å². The van der Waals surface area contributed by atoms with E-state index in [0.717, 1.165) is 75.4 Å². The number of halogens is 3. The molecule has 2 aliphatic rings. The zero-order valence-electron chi connectivity index (χ0n) is 25.2. The highest BCUT2D eigenvalue weighted by atomic mass is 79.9. The second-order valence-corrected chi connectivity index (χ2v) is 13.4. The minimum Gasteiger partial charge on any atom is -0.497 e. The van der Waals surface area contributed by atoms with Crippen LogP contribution in [0.15, 0.2) is 106 Å². The molecule has 2 amide bonds. The molecule has 10 heteroatoms. The molecule has 2 N–H and O–H groups in total. The van der Waals surface area contributed by atoms with Gasteiger partial charge in [0.15, 0.2) is 0 Å². The summed E-state index contributed by atoms with van der Waals surface area (Å²) < 4.78 is 12.2. The summed E-state index contributed by atoms with van der Waals surface area (Å²) in [5.74, 6) is 2.07. The van der Waals surface area contributed by atoms with Crippen LogP contribution >= 0.6 is 47.8 Å². The highest BCUT2D eigenvalue weighted by Crippen LogP contribution is 2.29. The van der Waals surface area contributed by atoms with Crippen molar-refractivity contribution in [3.05, 3.63) is 112 Å². The molecule has 0 bridgehead atoms. The molecule has 0 saturated carbocycles. The molecule has 0 aromatic heterocycles. The van der Waals surface area contributed by atoms with Crippen LogP contribution in [0.3, 0.4) is 0 Å². The number of nitrogens with two attached hydrogens (primary N) is 1. The van der Waals surface area contributed by atoms with Gasteiger partial charge in [-0.05, 0) is 97.6 Å². The van der Waals surface area contributed by atoms with Crippen LogP contribution in [0.4, 0.5) is 17.1 Å². The number of amides is 2. The van der Waals surface area contributed by atoms with Crippen LogP contribution in [0.2, 0.25) is 0 Å². The summed E-state index contributed by atoms with van der Waals surface area (Å²) in [6, 6.07) is 31.0. The van der Waals surface area contributed by atoms with Crippen LogP contribution in [0.1, 0.15) is 18.4 Å². The lowest BCUT2D eigenvalue weighted by atomic mass is 9.98.